The number of halogens is 1. The first-order chi connectivity index (χ1) is 17.2. The summed E-state index contributed by atoms with van der Waals surface area (Å²) in [4.78, 5) is 40.4. The normalized spacial score (nSPS) is 18.3. The van der Waals surface area contributed by atoms with Gasteiger partial charge < -0.3 is 20.7 Å². The van der Waals surface area contributed by atoms with Crippen LogP contribution in [-0.4, -0.2) is 74.1 Å². The fourth-order valence-corrected chi connectivity index (χ4v) is 3.78. The van der Waals surface area contributed by atoms with Crippen molar-refractivity contribution in [2.45, 2.75) is 39.5 Å². The minimum Gasteiger partial charge on any atom is -0.384 e. The molecule has 10 heteroatoms. The van der Waals surface area contributed by atoms with E-state index in [9.17, 15) is 18.8 Å². The van der Waals surface area contributed by atoms with Crippen molar-refractivity contribution in [1.29, 1.82) is 0 Å². The van der Waals surface area contributed by atoms with Crippen LogP contribution in [-0.2, 0) is 14.3 Å². The zero-order valence-corrected chi connectivity index (χ0v) is 21.5. The lowest BCUT2D eigenvalue weighted by atomic mass is 10.00. The SMILES string of the molecule is C=C(F)/C(=C\C=C(/C)NC(=O)NC)N1C(=O)CC(=C/C(=C\CCC)NCCN2CCOCC2)CC1=O. The third kappa shape index (κ3) is 9.43. The second kappa shape index (κ2) is 15.0. The van der Waals surface area contributed by atoms with Crippen molar-refractivity contribution < 1.29 is 23.5 Å². The molecule has 2 heterocycles. The molecule has 0 radical (unpaired) electrons. The summed E-state index contributed by atoms with van der Waals surface area (Å²) in [6.45, 7) is 11.8. The van der Waals surface area contributed by atoms with E-state index in [1.807, 2.05) is 6.08 Å². The number of nitrogens with one attached hydrogen (secondary N) is 3. The largest absolute Gasteiger partial charge is 0.384 e. The van der Waals surface area contributed by atoms with Gasteiger partial charge in [0.05, 0.1) is 18.9 Å². The molecular formula is C26H38FN5O4. The van der Waals surface area contributed by atoms with Crippen molar-refractivity contribution in [3.8, 4) is 0 Å². The number of imide groups is 1. The zero-order chi connectivity index (χ0) is 26.5. The van der Waals surface area contributed by atoms with Crippen LogP contribution in [0.3, 0.4) is 0 Å². The summed E-state index contributed by atoms with van der Waals surface area (Å²) in [7, 11) is 1.46. The van der Waals surface area contributed by atoms with Crippen molar-refractivity contribution >= 4 is 17.8 Å². The lowest BCUT2D eigenvalue weighted by Gasteiger charge is -2.28. The number of rotatable bonds is 11. The van der Waals surface area contributed by atoms with E-state index < -0.39 is 23.7 Å². The molecule has 0 aromatic rings. The summed E-state index contributed by atoms with van der Waals surface area (Å²) in [5.41, 5.74) is 1.70. The predicted molar refractivity (Wildman–Crippen MR) is 137 cm³/mol. The Kier molecular flexibility index (Phi) is 12.1. The number of amides is 4. The zero-order valence-electron chi connectivity index (χ0n) is 21.5. The third-order valence-electron chi connectivity index (χ3n) is 5.68. The Morgan fingerprint density at radius 2 is 1.83 bits per heavy atom. The van der Waals surface area contributed by atoms with Crippen molar-refractivity contribution in [2.24, 2.45) is 0 Å². The summed E-state index contributed by atoms with van der Waals surface area (Å²) in [6, 6.07) is -0.442. The number of likely N-dealkylation sites (tertiary alicyclic amines) is 1. The van der Waals surface area contributed by atoms with E-state index in [4.69, 9.17) is 4.74 Å². The van der Waals surface area contributed by atoms with E-state index in [2.05, 4.69) is 40.4 Å². The first kappa shape index (κ1) is 29.0. The van der Waals surface area contributed by atoms with E-state index in [0.29, 0.717) is 11.3 Å². The molecule has 0 spiro atoms. The second-order valence-electron chi connectivity index (χ2n) is 8.62. The van der Waals surface area contributed by atoms with Crippen molar-refractivity contribution in [2.75, 3.05) is 46.4 Å². The maximum Gasteiger partial charge on any atom is 0.318 e. The van der Waals surface area contributed by atoms with Crippen LogP contribution in [0.15, 0.2) is 59.4 Å². The molecule has 0 bridgehead atoms. The first-order valence-electron chi connectivity index (χ1n) is 12.3. The van der Waals surface area contributed by atoms with E-state index in [1.165, 1.54) is 19.2 Å². The average Bonchev–Trinajstić information content (AvgIpc) is 2.84. The molecule has 0 aliphatic carbocycles. The Hall–Kier alpha value is -3.24. The number of nitrogens with zero attached hydrogens (tertiary/aromatic N) is 2. The molecule has 3 N–H and O–H groups in total. The predicted octanol–water partition coefficient (Wildman–Crippen LogP) is 2.87. The van der Waals surface area contributed by atoms with Gasteiger partial charge in [-0.25, -0.2) is 14.1 Å². The molecule has 0 saturated carbocycles. The summed E-state index contributed by atoms with van der Waals surface area (Å²) >= 11 is 0. The second-order valence-corrected chi connectivity index (χ2v) is 8.62. The average molecular weight is 504 g/mol. The summed E-state index contributed by atoms with van der Waals surface area (Å²) < 4.78 is 19.6. The molecule has 0 atom stereocenters. The number of unbranched alkanes of at least 4 members (excludes halogenated alkanes) is 1. The number of urea groups is 1. The Labute approximate surface area is 212 Å². The minimum atomic E-state index is -0.915. The molecule has 2 aliphatic heterocycles. The molecule has 2 saturated heterocycles. The molecule has 9 nitrogen and oxygen atoms in total. The highest BCUT2D eigenvalue weighted by Crippen LogP contribution is 2.27. The summed E-state index contributed by atoms with van der Waals surface area (Å²) in [5.74, 6) is -1.98. The van der Waals surface area contributed by atoms with Gasteiger partial charge in [-0.15, -0.1) is 0 Å². The van der Waals surface area contributed by atoms with Crippen molar-refractivity contribution in [3.05, 3.63) is 59.4 Å². The number of hydrogen-bond donors (Lipinski definition) is 3. The van der Waals surface area contributed by atoms with Crippen LogP contribution < -0.4 is 16.0 Å². The van der Waals surface area contributed by atoms with Crippen LogP contribution >= 0.6 is 0 Å². The lowest BCUT2D eigenvalue weighted by Crippen LogP contribution is -2.41. The van der Waals surface area contributed by atoms with Gasteiger partial charge in [-0.3, -0.25) is 14.5 Å². The molecule has 0 aromatic carbocycles. The van der Waals surface area contributed by atoms with Gasteiger partial charge in [-0.05, 0) is 37.1 Å². The third-order valence-corrected chi connectivity index (χ3v) is 5.68. The molecule has 0 aromatic heterocycles. The molecule has 0 unspecified atom stereocenters. The van der Waals surface area contributed by atoms with Crippen LogP contribution in [0.2, 0.25) is 0 Å². The highest BCUT2D eigenvalue weighted by Gasteiger charge is 2.32. The highest BCUT2D eigenvalue weighted by atomic mass is 19.1. The molecule has 36 heavy (non-hydrogen) atoms. The van der Waals surface area contributed by atoms with Gasteiger partial charge in [0.15, 0.2) is 0 Å². The molecule has 2 fully saturated rings. The van der Waals surface area contributed by atoms with E-state index in [0.717, 1.165) is 62.8 Å². The summed E-state index contributed by atoms with van der Waals surface area (Å²) in [5, 5.41) is 8.34. The number of hydrogen-bond acceptors (Lipinski definition) is 6. The van der Waals surface area contributed by atoms with Crippen LogP contribution in [0.1, 0.15) is 39.5 Å². The Morgan fingerprint density at radius 1 is 1.17 bits per heavy atom. The summed E-state index contributed by atoms with van der Waals surface area (Å²) in [6.07, 6.45) is 8.40. The van der Waals surface area contributed by atoms with Crippen LogP contribution in [0.5, 0.6) is 0 Å². The van der Waals surface area contributed by atoms with Crippen molar-refractivity contribution in [1.82, 2.24) is 25.8 Å². The molecule has 2 aliphatic rings. The van der Waals surface area contributed by atoms with Gasteiger partial charge in [0.2, 0.25) is 11.8 Å². The number of allylic oxidation sites excluding steroid dienone is 6. The number of piperidine rings is 1. The standard InChI is InChI=1S/C26H38FN5O4/c1-5-6-7-22(29-10-11-31-12-14-36-15-13-31)16-21-17-24(33)32(25(34)18-21)23(20(3)27)9-8-19(2)30-26(35)28-4/h7-9,16,29H,3,5-6,10-15,17-18H2,1-2,4H3,(H2,28,30,35)/b19-8+,22-7+,23-9+. The topological polar surface area (TPSA) is 103 Å². The van der Waals surface area contributed by atoms with Gasteiger partial charge in [0, 0.05) is 57.5 Å². The number of morpholine rings is 1. The number of carbonyl (C=O) groups is 3. The van der Waals surface area contributed by atoms with Crippen molar-refractivity contribution in [3.63, 3.8) is 0 Å². The Bertz CT molecular complexity index is 928. The van der Waals surface area contributed by atoms with Gasteiger partial charge in [-0.2, -0.15) is 0 Å². The maximum atomic E-state index is 14.2. The van der Waals surface area contributed by atoms with Crippen LogP contribution in [0, 0.1) is 0 Å². The van der Waals surface area contributed by atoms with E-state index in [1.54, 1.807) is 6.92 Å². The Morgan fingerprint density at radius 3 is 2.42 bits per heavy atom. The van der Waals surface area contributed by atoms with Gasteiger partial charge in [-0.1, -0.05) is 26.0 Å². The highest BCUT2D eigenvalue weighted by molar-refractivity contribution is 6.03. The van der Waals surface area contributed by atoms with E-state index in [-0.39, 0.29) is 18.5 Å². The lowest BCUT2D eigenvalue weighted by molar-refractivity contribution is -0.143. The number of ether oxygens (including phenoxy) is 1. The smallest absolute Gasteiger partial charge is 0.318 e. The monoisotopic (exact) mass is 503 g/mol. The quantitative estimate of drug-likeness (QED) is 0.296. The first-order valence-corrected chi connectivity index (χ1v) is 12.3. The van der Waals surface area contributed by atoms with Gasteiger partial charge >= 0.3 is 6.03 Å². The maximum absolute atomic E-state index is 14.2. The van der Waals surface area contributed by atoms with Crippen LogP contribution in [0.4, 0.5) is 9.18 Å². The fraction of sp³-hybridized carbons (Fsp3) is 0.500. The van der Waals surface area contributed by atoms with E-state index >= 15 is 0 Å². The molecule has 4 amide bonds. The molecule has 198 valence electrons. The molecular weight excluding hydrogens is 465 g/mol. The minimum absolute atomic E-state index is 0.00977. The number of carbonyl (C=O) groups excluding carboxylic acids is 3. The Balaban J connectivity index is 2.11. The van der Waals surface area contributed by atoms with Crippen LogP contribution in [0.25, 0.3) is 0 Å². The molecule has 2 rings (SSSR count). The fourth-order valence-electron chi connectivity index (χ4n) is 3.78. The van der Waals surface area contributed by atoms with Gasteiger partial charge in [0.1, 0.15) is 5.83 Å². The van der Waals surface area contributed by atoms with Gasteiger partial charge in [0.25, 0.3) is 0 Å².